The SMILES string of the molecule is CC(C)(C)CC(C)(C)c1ccc(O[SH](=O)=O)c(N)c1. The van der Waals surface area contributed by atoms with Gasteiger partial charge in [0.05, 0.1) is 5.69 Å². The maximum atomic E-state index is 10.5. The molecule has 0 heterocycles. The van der Waals surface area contributed by atoms with Crippen molar-refractivity contribution in [2.45, 2.75) is 46.5 Å². The minimum atomic E-state index is -2.93. The molecule has 0 aliphatic carbocycles. The molecular formula is C14H23NO3S. The minimum Gasteiger partial charge on any atom is -0.396 e. The highest BCUT2D eigenvalue weighted by atomic mass is 32.2. The summed E-state index contributed by atoms with van der Waals surface area (Å²) in [6, 6.07) is 5.27. The van der Waals surface area contributed by atoms with Crippen LogP contribution in [-0.4, -0.2) is 8.42 Å². The summed E-state index contributed by atoms with van der Waals surface area (Å²) in [4.78, 5) is 0. The van der Waals surface area contributed by atoms with Crippen molar-refractivity contribution in [3.05, 3.63) is 23.8 Å². The first kappa shape index (κ1) is 15.8. The fraction of sp³-hybridized carbons (Fsp3) is 0.571. The third-order valence-electron chi connectivity index (χ3n) is 2.94. The fourth-order valence-electron chi connectivity index (χ4n) is 2.56. The predicted octanol–water partition coefficient (Wildman–Crippen LogP) is 2.89. The van der Waals surface area contributed by atoms with Crippen LogP contribution in [0, 0.1) is 5.41 Å². The number of benzene rings is 1. The van der Waals surface area contributed by atoms with E-state index >= 15 is 0 Å². The van der Waals surface area contributed by atoms with Gasteiger partial charge in [0.1, 0.15) is 0 Å². The number of hydrogen-bond acceptors (Lipinski definition) is 4. The maximum Gasteiger partial charge on any atom is 0.299 e. The van der Waals surface area contributed by atoms with Crippen molar-refractivity contribution in [3.63, 3.8) is 0 Å². The summed E-state index contributed by atoms with van der Waals surface area (Å²) >= 11 is 0. The van der Waals surface area contributed by atoms with Gasteiger partial charge in [-0.3, -0.25) is 0 Å². The molecule has 1 rings (SSSR count). The van der Waals surface area contributed by atoms with Crippen LogP contribution < -0.4 is 9.92 Å². The number of thiol groups is 1. The second kappa shape index (κ2) is 5.41. The van der Waals surface area contributed by atoms with E-state index in [1.165, 1.54) is 0 Å². The van der Waals surface area contributed by atoms with Gasteiger partial charge in [-0.15, -0.1) is 0 Å². The van der Waals surface area contributed by atoms with Crippen LogP contribution >= 0.6 is 0 Å². The summed E-state index contributed by atoms with van der Waals surface area (Å²) < 4.78 is 25.7. The van der Waals surface area contributed by atoms with Crippen molar-refractivity contribution < 1.29 is 12.6 Å². The van der Waals surface area contributed by atoms with Gasteiger partial charge in [0.15, 0.2) is 5.75 Å². The molecule has 0 spiro atoms. The molecule has 1 aromatic rings. The Morgan fingerprint density at radius 3 is 2.16 bits per heavy atom. The van der Waals surface area contributed by atoms with E-state index in [0.29, 0.717) is 5.69 Å². The van der Waals surface area contributed by atoms with Gasteiger partial charge in [-0.25, -0.2) is 0 Å². The fourth-order valence-corrected chi connectivity index (χ4v) is 2.89. The zero-order chi connectivity index (χ0) is 14.8. The second-order valence-electron chi connectivity index (χ2n) is 6.69. The standard InChI is InChI=1S/C14H23NO3S/c1-13(2,3)9-14(4,5)10-6-7-12(11(15)8-10)18-19(16)17/h6-8,19H,9,15H2,1-5H3. The van der Waals surface area contributed by atoms with Crippen LogP contribution in [0.4, 0.5) is 5.69 Å². The highest BCUT2D eigenvalue weighted by molar-refractivity contribution is 7.67. The van der Waals surface area contributed by atoms with Crippen molar-refractivity contribution in [1.82, 2.24) is 0 Å². The molecular weight excluding hydrogens is 262 g/mol. The molecule has 0 atom stereocenters. The van der Waals surface area contributed by atoms with Gasteiger partial charge in [-0.1, -0.05) is 40.7 Å². The smallest absolute Gasteiger partial charge is 0.299 e. The highest BCUT2D eigenvalue weighted by Gasteiger charge is 2.27. The van der Waals surface area contributed by atoms with Crippen LogP contribution in [0.25, 0.3) is 0 Å². The van der Waals surface area contributed by atoms with Crippen molar-refractivity contribution >= 4 is 16.7 Å². The number of hydrogen-bond donors (Lipinski definition) is 2. The molecule has 4 nitrogen and oxygen atoms in total. The van der Waals surface area contributed by atoms with Crippen LogP contribution in [0.5, 0.6) is 5.75 Å². The zero-order valence-electron chi connectivity index (χ0n) is 12.2. The second-order valence-corrected chi connectivity index (χ2v) is 7.32. The zero-order valence-corrected chi connectivity index (χ0v) is 13.1. The molecule has 0 aliphatic heterocycles. The molecule has 0 unspecified atom stereocenters. The summed E-state index contributed by atoms with van der Waals surface area (Å²) in [5.41, 5.74) is 7.42. The predicted molar refractivity (Wildman–Crippen MR) is 78.9 cm³/mol. The lowest BCUT2D eigenvalue weighted by atomic mass is 9.72. The van der Waals surface area contributed by atoms with Gasteiger partial charge < -0.3 is 9.92 Å². The quantitative estimate of drug-likeness (QED) is 0.659. The normalized spacial score (nSPS) is 12.7. The lowest BCUT2D eigenvalue weighted by Crippen LogP contribution is -2.24. The van der Waals surface area contributed by atoms with E-state index < -0.39 is 11.0 Å². The van der Waals surface area contributed by atoms with Crippen LogP contribution in [-0.2, 0) is 16.4 Å². The van der Waals surface area contributed by atoms with Crippen LogP contribution in [0.3, 0.4) is 0 Å². The summed E-state index contributed by atoms with van der Waals surface area (Å²) in [6.45, 7) is 10.9. The molecule has 0 aliphatic rings. The number of nitrogens with two attached hydrogens (primary N) is 1. The number of rotatable bonds is 4. The Morgan fingerprint density at radius 2 is 1.74 bits per heavy atom. The largest absolute Gasteiger partial charge is 0.396 e. The minimum absolute atomic E-state index is 0.0371. The monoisotopic (exact) mass is 285 g/mol. The molecule has 0 saturated heterocycles. The first-order valence-corrected chi connectivity index (χ1v) is 7.33. The Kier molecular flexibility index (Phi) is 4.50. The summed E-state index contributed by atoms with van der Waals surface area (Å²) in [5, 5.41) is 0. The molecule has 0 radical (unpaired) electrons. The molecule has 5 heteroatoms. The van der Waals surface area contributed by atoms with E-state index in [0.717, 1.165) is 12.0 Å². The third kappa shape index (κ3) is 4.74. The van der Waals surface area contributed by atoms with Gasteiger partial charge in [0.2, 0.25) is 0 Å². The van der Waals surface area contributed by atoms with Crippen molar-refractivity contribution in [2.24, 2.45) is 5.41 Å². The average Bonchev–Trinajstić information content (AvgIpc) is 2.16. The van der Waals surface area contributed by atoms with Gasteiger partial charge >= 0.3 is 0 Å². The third-order valence-corrected chi connectivity index (χ3v) is 3.28. The maximum absolute atomic E-state index is 10.5. The Hall–Kier alpha value is -1.23. The Labute approximate surface area is 117 Å². The molecule has 2 N–H and O–H groups in total. The van der Waals surface area contributed by atoms with E-state index in [1.54, 1.807) is 12.1 Å². The van der Waals surface area contributed by atoms with E-state index in [1.807, 2.05) is 6.07 Å². The van der Waals surface area contributed by atoms with Gasteiger partial charge in [0.25, 0.3) is 11.0 Å². The lowest BCUT2D eigenvalue weighted by Gasteiger charge is -2.33. The first-order valence-electron chi connectivity index (χ1n) is 6.24. The highest BCUT2D eigenvalue weighted by Crippen LogP contribution is 2.38. The molecule has 0 saturated carbocycles. The van der Waals surface area contributed by atoms with E-state index in [9.17, 15) is 8.42 Å². The van der Waals surface area contributed by atoms with E-state index in [-0.39, 0.29) is 16.6 Å². The topological polar surface area (TPSA) is 69.4 Å². The van der Waals surface area contributed by atoms with Gasteiger partial charge in [-0.05, 0) is 34.9 Å². The van der Waals surface area contributed by atoms with E-state index in [4.69, 9.17) is 5.73 Å². The number of anilines is 1. The van der Waals surface area contributed by atoms with E-state index in [2.05, 4.69) is 38.8 Å². The Morgan fingerprint density at radius 1 is 1.16 bits per heavy atom. The summed E-state index contributed by atoms with van der Waals surface area (Å²) in [7, 11) is -2.93. The molecule has 1 aromatic carbocycles. The summed E-state index contributed by atoms with van der Waals surface area (Å²) in [5.74, 6) is 0.186. The summed E-state index contributed by atoms with van der Waals surface area (Å²) in [6.07, 6.45) is 0.995. The molecule has 0 aromatic heterocycles. The van der Waals surface area contributed by atoms with Gasteiger partial charge in [-0.2, -0.15) is 8.42 Å². The van der Waals surface area contributed by atoms with Gasteiger partial charge in [0, 0.05) is 0 Å². The molecule has 108 valence electrons. The van der Waals surface area contributed by atoms with Crippen molar-refractivity contribution in [3.8, 4) is 5.75 Å². The molecule has 0 fully saturated rings. The molecule has 0 bridgehead atoms. The van der Waals surface area contributed by atoms with Crippen LogP contribution in [0.1, 0.15) is 46.6 Å². The molecule has 19 heavy (non-hydrogen) atoms. The average molecular weight is 285 g/mol. The Balaban J connectivity index is 3.06. The van der Waals surface area contributed by atoms with Crippen molar-refractivity contribution in [1.29, 1.82) is 0 Å². The first-order chi connectivity index (χ1) is 8.51. The Bertz CT molecular complexity index is 520. The van der Waals surface area contributed by atoms with Crippen LogP contribution in [0.15, 0.2) is 18.2 Å². The lowest BCUT2D eigenvalue weighted by molar-refractivity contribution is 0.284. The van der Waals surface area contributed by atoms with Crippen LogP contribution in [0.2, 0.25) is 0 Å². The molecule has 0 amide bonds. The van der Waals surface area contributed by atoms with Crippen molar-refractivity contribution in [2.75, 3.05) is 5.73 Å². The number of nitrogen functional groups attached to an aromatic ring is 1.